The summed E-state index contributed by atoms with van der Waals surface area (Å²) >= 11 is 0. The maximum absolute atomic E-state index is 12.7. The summed E-state index contributed by atoms with van der Waals surface area (Å²) in [6, 6.07) is 6.46. The molecule has 3 rings (SSSR count). The first-order valence-electron chi connectivity index (χ1n) is 9.42. The number of benzene rings is 2. The molecule has 1 unspecified atom stereocenters. The standard InChI is InChI=1S/C19H16F6N2O6S/c20-18(21,22)33-13-6-4-12(5-7-13)32-16-8-3-11(26-34(30,31)19(23,24)25)10-14(16)15-2-1-9-27(15)17(28)29/h3-8,10,15,26H,1-2,9H2,(H,28,29). The van der Waals surface area contributed by atoms with Crippen molar-refractivity contribution in [2.75, 3.05) is 11.3 Å². The van der Waals surface area contributed by atoms with Gasteiger partial charge in [0.1, 0.15) is 17.2 Å². The van der Waals surface area contributed by atoms with Crippen LogP contribution in [0.3, 0.4) is 0 Å². The van der Waals surface area contributed by atoms with Gasteiger partial charge in [0.2, 0.25) is 0 Å². The Morgan fingerprint density at radius 3 is 2.21 bits per heavy atom. The monoisotopic (exact) mass is 514 g/mol. The molecule has 8 nitrogen and oxygen atoms in total. The van der Waals surface area contributed by atoms with E-state index in [1.54, 1.807) is 0 Å². The molecule has 1 aliphatic rings. The molecule has 15 heteroatoms. The number of likely N-dealkylation sites (tertiary alicyclic amines) is 1. The molecular weight excluding hydrogens is 498 g/mol. The topological polar surface area (TPSA) is 105 Å². The van der Waals surface area contributed by atoms with Crippen molar-refractivity contribution in [3.05, 3.63) is 48.0 Å². The van der Waals surface area contributed by atoms with Crippen LogP contribution in [-0.4, -0.2) is 42.9 Å². The lowest BCUT2D eigenvalue weighted by Crippen LogP contribution is -2.30. The fraction of sp³-hybridized carbons (Fsp3) is 0.316. The molecule has 1 amide bonds. The summed E-state index contributed by atoms with van der Waals surface area (Å²) in [6.07, 6.45) is -5.50. The van der Waals surface area contributed by atoms with E-state index in [4.69, 9.17) is 4.74 Å². The second-order valence-electron chi connectivity index (χ2n) is 7.06. The molecule has 34 heavy (non-hydrogen) atoms. The average molecular weight is 514 g/mol. The van der Waals surface area contributed by atoms with Gasteiger partial charge in [0.15, 0.2) is 0 Å². The highest BCUT2D eigenvalue weighted by molar-refractivity contribution is 7.93. The van der Waals surface area contributed by atoms with Crippen molar-refractivity contribution in [3.63, 3.8) is 0 Å². The van der Waals surface area contributed by atoms with Crippen molar-refractivity contribution in [3.8, 4) is 17.2 Å². The van der Waals surface area contributed by atoms with Crippen molar-refractivity contribution in [2.24, 2.45) is 0 Å². The van der Waals surface area contributed by atoms with Gasteiger partial charge in [-0.15, -0.1) is 13.2 Å². The Morgan fingerprint density at radius 1 is 1.03 bits per heavy atom. The van der Waals surface area contributed by atoms with Crippen LogP contribution in [0.2, 0.25) is 0 Å². The van der Waals surface area contributed by atoms with Crippen molar-refractivity contribution in [1.29, 1.82) is 0 Å². The zero-order chi connectivity index (χ0) is 25.3. The fourth-order valence-corrected chi connectivity index (χ4v) is 3.89. The lowest BCUT2D eigenvalue weighted by molar-refractivity contribution is -0.274. The molecule has 0 radical (unpaired) electrons. The predicted molar refractivity (Wildman–Crippen MR) is 105 cm³/mol. The number of sulfonamides is 1. The van der Waals surface area contributed by atoms with Crippen molar-refractivity contribution in [1.82, 2.24) is 4.90 Å². The van der Waals surface area contributed by atoms with Crippen LogP contribution < -0.4 is 14.2 Å². The van der Waals surface area contributed by atoms with E-state index in [9.17, 15) is 44.7 Å². The fourth-order valence-electron chi connectivity index (χ4n) is 3.33. The minimum Gasteiger partial charge on any atom is -0.465 e. The molecule has 0 saturated carbocycles. The Hall–Kier alpha value is -3.36. The molecule has 1 saturated heterocycles. The third kappa shape index (κ3) is 5.95. The summed E-state index contributed by atoms with van der Waals surface area (Å²) in [6.45, 7) is 0.126. The van der Waals surface area contributed by atoms with Gasteiger partial charge in [0, 0.05) is 17.8 Å². The normalized spacial score (nSPS) is 16.9. The van der Waals surface area contributed by atoms with Crippen LogP contribution in [0.25, 0.3) is 0 Å². The van der Waals surface area contributed by atoms with Crippen LogP contribution in [0, 0.1) is 0 Å². The number of amides is 1. The minimum absolute atomic E-state index is 0.0132. The summed E-state index contributed by atoms with van der Waals surface area (Å²) in [5.41, 5.74) is -5.99. The number of carbonyl (C=O) groups is 1. The quantitative estimate of drug-likeness (QED) is 0.497. The van der Waals surface area contributed by atoms with Crippen LogP contribution in [-0.2, 0) is 10.0 Å². The van der Waals surface area contributed by atoms with E-state index >= 15 is 0 Å². The molecule has 0 bridgehead atoms. The number of ether oxygens (including phenoxy) is 2. The van der Waals surface area contributed by atoms with E-state index in [0.29, 0.717) is 6.42 Å². The number of nitrogens with one attached hydrogen (secondary N) is 1. The highest BCUT2D eigenvalue weighted by Crippen LogP contribution is 2.41. The van der Waals surface area contributed by atoms with Crippen LogP contribution in [0.15, 0.2) is 42.5 Å². The number of rotatable bonds is 6. The summed E-state index contributed by atoms with van der Waals surface area (Å²) in [4.78, 5) is 12.6. The van der Waals surface area contributed by atoms with Crippen LogP contribution in [0.5, 0.6) is 17.2 Å². The lowest BCUT2D eigenvalue weighted by Gasteiger charge is -2.25. The van der Waals surface area contributed by atoms with E-state index < -0.39 is 45.5 Å². The first kappa shape index (κ1) is 25.3. The molecule has 1 fully saturated rings. The number of hydrogen-bond acceptors (Lipinski definition) is 5. The number of carboxylic acid groups (broad SMARTS) is 1. The number of halogens is 6. The van der Waals surface area contributed by atoms with E-state index in [0.717, 1.165) is 47.4 Å². The highest BCUT2D eigenvalue weighted by Gasteiger charge is 2.46. The third-order valence-electron chi connectivity index (χ3n) is 4.71. The van der Waals surface area contributed by atoms with Gasteiger partial charge in [-0.1, -0.05) is 0 Å². The molecule has 186 valence electrons. The average Bonchev–Trinajstić information content (AvgIpc) is 3.18. The summed E-state index contributed by atoms with van der Waals surface area (Å²) in [5.74, 6) is -0.540. The van der Waals surface area contributed by atoms with Gasteiger partial charge < -0.3 is 19.5 Å². The van der Waals surface area contributed by atoms with Crippen LogP contribution in [0.4, 0.5) is 36.8 Å². The Labute approximate surface area is 188 Å². The largest absolute Gasteiger partial charge is 0.573 e. The summed E-state index contributed by atoms with van der Waals surface area (Å²) < 4.78 is 109. The van der Waals surface area contributed by atoms with Gasteiger partial charge in [-0.3, -0.25) is 4.72 Å². The zero-order valence-electron chi connectivity index (χ0n) is 16.9. The third-order valence-corrected chi connectivity index (χ3v) is 5.82. The van der Waals surface area contributed by atoms with E-state index in [1.165, 1.54) is 4.72 Å². The SMILES string of the molecule is O=C(O)N1CCCC1c1cc(NS(=O)(=O)C(F)(F)F)ccc1Oc1ccc(OC(F)(F)F)cc1. The van der Waals surface area contributed by atoms with Gasteiger partial charge >= 0.3 is 28.0 Å². The molecule has 0 aliphatic carbocycles. The van der Waals surface area contributed by atoms with Crippen LogP contribution in [0.1, 0.15) is 24.4 Å². The summed E-state index contributed by atoms with van der Waals surface area (Å²) in [5, 5.41) is 9.43. The zero-order valence-corrected chi connectivity index (χ0v) is 17.7. The molecule has 1 aliphatic heterocycles. The number of anilines is 1. The Balaban J connectivity index is 1.95. The molecule has 2 aromatic rings. The number of alkyl halides is 6. The molecule has 2 N–H and O–H groups in total. The second kappa shape index (κ2) is 9.12. The Morgan fingerprint density at radius 2 is 1.65 bits per heavy atom. The van der Waals surface area contributed by atoms with Crippen molar-refractivity contribution < 1.29 is 54.1 Å². The van der Waals surface area contributed by atoms with E-state index in [2.05, 4.69) is 4.74 Å². The molecular formula is C19H16F6N2O6S. The number of nitrogens with zero attached hydrogens (tertiary/aromatic N) is 1. The van der Waals surface area contributed by atoms with Gasteiger partial charge in [-0.2, -0.15) is 21.6 Å². The molecule has 2 aromatic carbocycles. The molecule has 0 aromatic heterocycles. The smallest absolute Gasteiger partial charge is 0.465 e. The maximum Gasteiger partial charge on any atom is 0.573 e. The first-order chi connectivity index (χ1) is 15.7. The van der Waals surface area contributed by atoms with Gasteiger partial charge in [0.25, 0.3) is 0 Å². The lowest BCUT2D eigenvalue weighted by atomic mass is 10.0. The van der Waals surface area contributed by atoms with Gasteiger partial charge in [-0.25, -0.2) is 4.79 Å². The van der Waals surface area contributed by atoms with Crippen molar-refractivity contribution >= 4 is 21.8 Å². The highest BCUT2D eigenvalue weighted by atomic mass is 32.2. The maximum atomic E-state index is 12.7. The first-order valence-corrected chi connectivity index (χ1v) is 10.9. The van der Waals surface area contributed by atoms with Gasteiger partial charge in [0.05, 0.1) is 6.04 Å². The van der Waals surface area contributed by atoms with Crippen molar-refractivity contribution in [2.45, 2.75) is 30.8 Å². The Kier molecular flexibility index (Phi) is 6.78. The molecule has 0 spiro atoms. The van der Waals surface area contributed by atoms with Gasteiger partial charge in [-0.05, 0) is 55.3 Å². The minimum atomic E-state index is -5.74. The van der Waals surface area contributed by atoms with E-state index in [-0.39, 0.29) is 30.0 Å². The molecule has 1 heterocycles. The Bertz CT molecular complexity index is 1150. The predicted octanol–water partition coefficient (Wildman–Crippen LogP) is 5.45. The second-order valence-corrected chi connectivity index (χ2v) is 8.73. The number of hydrogen-bond donors (Lipinski definition) is 2. The van der Waals surface area contributed by atoms with E-state index in [1.807, 2.05) is 0 Å². The van der Waals surface area contributed by atoms with Crippen LogP contribution >= 0.6 is 0 Å². The summed E-state index contributed by atoms with van der Waals surface area (Å²) in [7, 11) is -5.74. The molecule has 1 atom stereocenters.